The van der Waals surface area contributed by atoms with E-state index in [2.05, 4.69) is 10.1 Å². The van der Waals surface area contributed by atoms with E-state index in [-0.39, 0.29) is 11.9 Å². The largest absolute Gasteiger partial charge is 0.336 e. The van der Waals surface area contributed by atoms with E-state index < -0.39 is 0 Å². The number of rotatable bonds is 2. The molecule has 0 radical (unpaired) electrons. The Morgan fingerprint density at radius 3 is 3.05 bits per heavy atom. The molecule has 1 saturated heterocycles. The maximum absolute atomic E-state index is 12.4. The number of amides is 1. The van der Waals surface area contributed by atoms with Gasteiger partial charge in [0.1, 0.15) is 9.88 Å². The quantitative estimate of drug-likeness (QED) is 0.899. The van der Waals surface area contributed by atoms with Gasteiger partial charge in [-0.1, -0.05) is 0 Å². The number of carbonyl (C=O) groups is 1. The van der Waals surface area contributed by atoms with Crippen molar-refractivity contribution in [1.82, 2.24) is 19.7 Å². The molecule has 0 bridgehead atoms. The van der Waals surface area contributed by atoms with E-state index >= 15 is 0 Å². The lowest BCUT2D eigenvalue weighted by Crippen LogP contribution is -2.45. The summed E-state index contributed by atoms with van der Waals surface area (Å²) >= 11 is 1.41. The molecule has 106 valence electrons. The van der Waals surface area contributed by atoms with Crippen molar-refractivity contribution in [2.75, 3.05) is 13.1 Å². The summed E-state index contributed by atoms with van der Waals surface area (Å²) in [5.74, 6) is 0.0350. The van der Waals surface area contributed by atoms with Crippen LogP contribution in [0.25, 0.3) is 10.6 Å². The van der Waals surface area contributed by atoms with E-state index in [1.807, 2.05) is 18.1 Å². The lowest BCUT2D eigenvalue weighted by molar-refractivity contribution is 0.0713. The zero-order chi connectivity index (χ0) is 14.1. The number of hydrogen-bond acceptors (Lipinski definition) is 5. The predicted octanol–water partition coefficient (Wildman–Crippen LogP) is 1.11. The summed E-state index contributed by atoms with van der Waals surface area (Å²) in [6.07, 6.45) is 7.26. The van der Waals surface area contributed by atoms with Gasteiger partial charge < -0.3 is 10.6 Å². The van der Waals surface area contributed by atoms with Gasteiger partial charge >= 0.3 is 0 Å². The van der Waals surface area contributed by atoms with Crippen LogP contribution in [0.15, 0.2) is 18.6 Å². The van der Waals surface area contributed by atoms with Crippen molar-refractivity contribution in [3.63, 3.8) is 0 Å². The summed E-state index contributed by atoms with van der Waals surface area (Å²) in [5, 5.41) is 4.94. The smallest absolute Gasteiger partial charge is 0.265 e. The number of piperidine rings is 1. The molecule has 0 aromatic carbocycles. The van der Waals surface area contributed by atoms with E-state index in [4.69, 9.17) is 5.73 Å². The van der Waals surface area contributed by atoms with Gasteiger partial charge in [-0.2, -0.15) is 5.10 Å². The highest BCUT2D eigenvalue weighted by atomic mass is 32.1. The van der Waals surface area contributed by atoms with Crippen molar-refractivity contribution < 1.29 is 4.79 Å². The van der Waals surface area contributed by atoms with Gasteiger partial charge in [0.15, 0.2) is 0 Å². The number of hydrogen-bond donors (Lipinski definition) is 1. The molecule has 0 aliphatic carbocycles. The van der Waals surface area contributed by atoms with Crippen LogP contribution in [-0.2, 0) is 7.05 Å². The van der Waals surface area contributed by atoms with Crippen LogP contribution in [0.1, 0.15) is 22.5 Å². The van der Waals surface area contributed by atoms with Gasteiger partial charge in [-0.05, 0) is 12.8 Å². The third-order valence-electron chi connectivity index (χ3n) is 3.41. The molecule has 1 atom stereocenters. The Morgan fingerprint density at radius 2 is 2.35 bits per heavy atom. The van der Waals surface area contributed by atoms with E-state index in [1.165, 1.54) is 11.3 Å². The minimum Gasteiger partial charge on any atom is -0.336 e. The van der Waals surface area contributed by atoms with Gasteiger partial charge in [0.25, 0.3) is 5.91 Å². The maximum Gasteiger partial charge on any atom is 0.265 e. The Hall–Kier alpha value is -1.73. The average Bonchev–Trinajstić information content (AvgIpc) is 3.06. The fourth-order valence-electron chi connectivity index (χ4n) is 2.39. The van der Waals surface area contributed by atoms with Crippen molar-refractivity contribution in [1.29, 1.82) is 0 Å². The van der Waals surface area contributed by atoms with Crippen LogP contribution in [-0.4, -0.2) is 44.7 Å². The number of carbonyl (C=O) groups excluding carboxylic acids is 1. The molecule has 0 saturated carbocycles. The predicted molar refractivity (Wildman–Crippen MR) is 77.4 cm³/mol. The molecular formula is C13H17N5OS. The summed E-state index contributed by atoms with van der Waals surface area (Å²) in [6.45, 7) is 1.42. The molecule has 6 nitrogen and oxygen atoms in total. The third kappa shape index (κ3) is 2.59. The molecule has 3 heterocycles. The first kappa shape index (κ1) is 13.3. The Balaban J connectivity index is 1.77. The standard InChI is InChI=1S/C13H17N5OS/c1-17-7-9(5-16-17)12-15-6-11(20-12)13(19)18-4-2-3-10(14)8-18/h5-7,10H,2-4,8,14H2,1H3. The normalized spacial score (nSPS) is 19.3. The summed E-state index contributed by atoms with van der Waals surface area (Å²) in [7, 11) is 1.86. The van der Waals surface area contributed by atoms with E-state index in [9.17, 15) is 4.79 Å². The van der Waals surface area contributed by atoms with Crippen LogP contribution < -0.4 is 5.73 Å². The number of nitrogens with zero attached hydrogens (tertiary/aromatic N) is 4. The van der Waals surface area contributed by atoms with Crippen LogP contribution in [0.2, 0.25) is 0 Å². The minimum absolute atomic E-state index is 0.0350. The molecule has 0 spiro atoms. The van der Waals surface area contributed by atoms with Gasteiger partial charge in [-0.25, -0.2) is 4.98 Å². The molecule has 1 fully saturated rings. The van der Waals surface area contributed by atoms with Crippen LogP contribution in [0.5, 0.6) is 0 Å². The number of aromatic nitrogens is 3. The second-order valence-electron chi connectivity index (χ2n) is 5.09. The average molecular weight is 291 g/mol. The molecular weight excluding hydrogens is 274 g/mol. The van der Waals surface area contributed by atoms with Crippen molar-refractivity contribution in [2.24, 2.45) is 12.8 Å². The fourth-order valence-corrected chi connectivity index (χ4v) is 3.25. The molecule has 3 rings (SSSR count). The Kier molecular flexibility index (Phi) is 3.54. The molecule has 1 unspecified atom stereocenters. The zero-order valence-electron chi connectivity index (χ0n) is 11.3. The third-order valence-corrected chi connectivity index (χ3v) is 4.45. The van der Waals surface area contributed by atoms with Crippen LogP contribution in [0, 0.1) is 0 Å². The van der Waals surface area contributed by atoms with E-state index in [0.29, 0.717) is 11.4 Å². The zero-order valence-corrected chi connectivity index (χ0v) is 12.1. The Labute approximate surface area is 121 Å². The first-order valence-electron chi connectivity index (χ1n) is 6.63. The first-order valence-corrected chi connectivity index (χ1v) is 7.45. The highest BCUT2D eigenvalue weighted by Crippen LogP contribution is 2.26. The lowest BCUT2D eigenvalue weighted by atomic mass is 10.1. The molecule has 7 heteroatoms. The van der Waals surface area contributed by atoms with Gasteiger partial charge in [-0.15, -0.1) is 11.3 Å². The van der Waals surface area contributed by atoms with E-state index in [0.717, 1.165) is 30.0 Å². The molecule has 2 aromatic heterocycles. The van der Waals surface area contributed by atoms with Gasteiger partial charge in [0, 0.05) is 37.9 Å². The Bertz CT molecular complexity index is 620. The lowest BCUT2D eigenvalue weighted by Gasteiger charge is -2.30. The van der Waals surface area contributed by atoms with Crippen molar-refractivity contribution in [2.45, 2.75) is 18.9 Å². The second kappa shape index (κ2) is 5.34. The van der Waals surface area contributed by atoms with Gasteiger partial charge in [0.05, 0.1) is 12.4 Å². The topological polar surface area (TPSA) is 77.0 Å². The van der Waals surface area contributed by atoms with E-state index in [1.54, 1.807) is 17.1 Å². The second-order valence-corrected chi connectivity index (χ2v) is 6.12. The highest BCUT2D eigenvalue weighted by Gasteiger charge is 2.24. The maximum atomic E-state index is 12.4. The molecule has 1 amide bonds. The van der Waals surface area contributed by atoms with Gasteiger partial charge in [0.2, 0.25) is 0 Å². The minimum atomic E-state index is 0.0350. The van der Waals surface area contributed by atoms with Crippen LogP contribution >= 0.6 is 11.3 Å². The van der Waals surface area contributed by atoms with Crippen LogP contribution in [0.3, 0.4) is 0 Å². The Morgan fingerprint density at radius 1 is 1.50 bits per heavy atom. The SMILES string of the molecule is Cn1cc(-c2ncc(C(=O)N3CCCC(N)C3)s2)cn1. The summed E-state index contributed by atoms with van der Waals surface area (Å²) in [4.78, 5) is 19.2. The summed E-state index contributed by atoms with van der Waals surface area (Å²) < 4.78 is 1.72. The summed E-state index contributed by atoms with van der Waals surface area (Å²) in [5.41, 5.74) is 6.86. The number of nitrogens with two attached hydrogens (primary N) is 1. The highest BCUT2D eigenvalue weighted by molar-refractivity contribution is 7.16. The van der Waals surface area contributed by atoms with Crippen LogP contribution in [0.4, 0.5) is 0 Å². The van der Waals surface area contributed by atoms with Gasteiger partial charge in [-0.3, -0.25) is 9.48 Å². The van der Waals surface area contributed by atoms with Crippen molar-refractivity contribution >= 4 is 17.2 Å². The summed E-state index contributed by atoms with van der Waals surface area (Å²) in [6, 6.07) is 0.0958. The van der Waals surface area contributed by atoms with Crippen molar-refractivity contribution in [3.8, 4) is 10.6 Å². The van der Waals surface area contributed by atoms with Crippen molar-refractivity contribution in [3.05, 3.63) is 23.5 Å². The molecule has 20 heavy (non-hydrogen) atoms. The number of thiazole rings is 1. The molecule has 2 aromatic rings. The monoisotopic (exact) mass is 291 g/mol. The molecule has 1 aliphatic rings. The first-order chi connectivity index (χ1) is 9.63. The molecule has 2 N–H and O–H groups in total. The molecule has 1 aliphatic heterocycles. The number of aryl methyl sites for hydroxylation is 1. The fraction of sp³-hybridized carbons (Fsp3) is 0.462. The number of likely N-dealkylation sites (tertiary alicyclic amines) is 1.